The number of amides is 1. The van der Waals surface area contributed by atoms with Gasteiger partial charge in [0.1, 0.15) is 5.75 Å². The van der Waals surface area contributed by atoms with E-state index in [2.05, 4.69) is 15.2 Å². The summed E-state index contributed by atoms with van der Waals surface area (Å²) < 4.78 is 5.97. The standard InChI is InChI=1S/C21H25N3O2/c1-15-5-2-3-7-19(15)26-21-17(6-4-10-22-21)12-23-20(25)14-24-13-16-8-9-18(24)11-16/h2-7,10,16,18H,8-9,11-14H2,1H3,(H,23,25)/t16-,18+/m1/s1. The minimum atomic E-state index is 0.0724. The summed E-state index contributed by atoms with van der Waals surface area (Å²) in [5, 5.41) is 3.03. The summed E-state index contributed by atoms with van der Waals surface area (Å²) in [5.74, 6) is 2.21. The van der Waals surface area contributed by atoms with Crippen molar-refractivity contribution in [3.8, 4) is 11.6 Å². The number of pyridine rings is 1. The molecule has 1 N–H and O–H groups in total. The number of nitrogens with one attached hydrogen (secondary N) is 1. The summed E-state index contributed by atoms with van der Waals surface area (Å²) in [4.78, 5) is 19.0. The molecule has 2 heterocycles. The van der Waals surface area contributed by atoms with Crippen molar-refractivity contribution in [2.24, 2.45) is 5.92 Å². The van der Waals surface area contributed by atoms with E-state index >= 15 is 0 Å². The first-order chi connectivity index (χ1) is 12.7. The van der Waals surface area contributed by atoms with Crippen LogP contribution in [0.25, 0.3) is 0 Å². The van der Waals surface area contributed by atoms with Gasteiger partial charge in [0, 0.05) is 30.9 Å². The number of carbonyl (C=O) groups excluding carboxylic acids is 1. The summed E-state index contributed by atoms with van der Waals surface area (Å²) in [6, 6.07) is 12.3. The molecule has 5 heteroatoms. The molecule has 26 heavy (non-hydrogen) atoms. The van der Waals surface area contributed by atoms with Crippen molar-refractivity contribution < 1.29 is 9.53 Å². The zero-order valence-corrected chi connectivity index (χ0v) is 15.1. The normalized spacial score (nSPS) is 21.7. The van der Waals surface area contributed by atoms with Crippen LogP contribution >= 0.6 is 0 Å². The van der Waals surface area contributed by atoms with Crippen LogP contribution in [0, 0.1) is 12.8 Å². The van der Waals surface area contributed by atoms with Crippen LogP contribution in [0.1, 0.15) is 30.4 Å². The number of carbonyl (C=O) groups is 1. The van der Waals surface area contributed by atoms with E-state index in [9.17, 15) is 4.79 Å². The third-order valence-electron chi connectivity index (χ3n) is 5.50. The van der Waals surface area contributed by atoms with E-state index < -0.39 is 0 Å². The highest BCUT2D eigenvalue weighted by Crippen LogP contribution is 2.36. The predicted octanol–water partition coefficient (Wildman–Crippen LogP) is 3.28. The van der Waals surface area contributed by atoms with Gasteiger partial charge in [0.2, 0.25) is 11.8 Å². The Morgan fingerprint density at radius 1 is 1.27 bits per heavy atom. The van der Waals surface area contributed by atoms with Gasteiger partial charge in [0.05, 0.1) is 6.54 Å². The van der Waals surface area contributed by atoms with Gasteiger partial charge in [-0.05, 0) is 49.8 Å². The van der Waals surface area contributed by atoms with Gasteiger partial charge in [-0.15, -0.1) is 0 Å². The Kier molecular flexibility index (Phi) is 4.89. The van der Waals surface area contributed by atoms with Crippen molar-refractivity contribution in [1.29, 1.82) is 0 Å². The maximum Gasteiger partial charge on any atom is 0.234 e. The molecule has 0 unspecified atom stereocenters. The number of fused-ring (bicyclic) bond motifs is 2. The third-order valence-corrected chi connectivity index (χ3v) is 5.50. The molecule has 1 saturated heterocycles. The average molecular weight is 351 g/mol. The van der Waals surface area contributed by atoms with E-state index in [0.29, 0.717) is 25.0 Å². The summed E-state index contributed by atoms with van der Waals surface area (Å²) in [6.45, 7) is 4.00. The van der Waals surface area contributed by atoms with E-state index in [1.807, 2.05) is 43.3 Å². The minimum Gasteiger partial charge on any atom is -0.438 e. The fraction of sp³-hybridized carbons (Fsp3) is 0.429. The molecule has 2 fully saturated rings. The number of likely N-dealkylation sites (tertiary alicyclic amines) is 1. The van der Waals surface area contributed by atoms with Crippen LogP contribution in [0.2, 0.25) is 0 Å². The van der Waals surface area contributed by atoms with Crippen molar-refractivity contribution in [2.75, 3.05) is 13.1 Å². The van der Waals surface area contributed by atoms with Crippen molar-refractivity contribution in [3.05, 3.63) is 53.7 Å². The number of benzene rings is 1. The predicted molar refractivity (Wildman–Crippen MR) is 100 cm³/mol. The largest absolute Gasteiger partial charge is 0.438 e. The van der Waals surface area contributed by atoms with E-state index in [0.717, 1.165) is 29.3 Å². The number of hydrogen-bond acceptors (Lipinski definition) is 4. The zero-order valence-electron chi connectivity index (χ0n) is 15.1. The molecule has 1 aromatic heterocycles. The van der Waals surface area contributed by atoms with Crippen molar-refractivity contribution in [3.63, 3.8) is 0 Å². The highest BCUT2D eigenvalue weighted by molar-refractivity contribution is 5.78. The van der Waals surface area contributed by atoms with Crippen molar-refractivity contribution in [1.82, 2.24) is 15.2 Å². The van der Waals surface area contributed by atoms with Crippen LogP contribution in [0.5, 0.6) is 11.6 Å². The minimum absolute atomic E-state index is 0.0724. The Morgan fingerprint density at radius 3 is 2.92 bits per heavy atom. The Bertz CT molecular complexity index is 792. The zero-order chi connectivity index (χ0) is 17.9. The summed E-state index contributed by atoms with van der Waals surface area (Å²) >= 11 is 0. The Morgan fingerprint density at radius 2 is 2.15 bits per heavy atom. The molecule has 2 atom stereocenters. The van der Waals surface area contributed by atoms with Gasteiger partial charge in [0.25, 0.3) is 0 Å². The number of rotatable bonds is 6. The number of aromatic nitrogens is 1. The quantitative estimate of drug-likeness (QED) is 0.868. The fourth-order valence-corrected chi connectivity index (χ4v) is 4.08. The molecule has 5 nitrogen and oxygen atoms in total. The van der Waals surface area contributed by atoms with E-state index in [1.54, 1.807) is 6.20 Å². The second-order valence-corrected chi connectivity index (χ2v) is 7.37. The van der Waals surface area contributed by atoms with E-state index in [4.69, 9.17) is 4.74 Å². The molecule has 0 spiro atoms. The van der Waals surface area contributed by atoms with E-state index in [-0.39, 0.29) is 5.91 Å². The lowest BCUT2D eigenvalue weighted by Crippen LogP contribution is -2.41. The second-order valence-electron chi connectivity index (χ2n) is 7.37. The molecule has 0 radical (unpaired) electrons. The topological polar surface area (TPSA) is 54.5 Å². The lowest BCUT2D eigenvalue weighted by Gasteiger charge is -2.25. The molecule has 1 aliphatic carbocycles. The molecular formula is C21H25N3O2. The summed E-state index contributed by atoms with van der Waals surface area (Å²) in [6.07, 6.45) is 5.55. The number of piperidine rings is 1. The summed E-state index contributed by atoms with van der Waals surface area (Å²) in [5.41, 5.74) is 1.93. The van der Waals surface area contributed by atoms with Crippen LogP contribution in [-0.4, -0.2) is 34.9 Å². The SMILES string of the molecule is Cc1ccccc1Oc1ncccc1CNC(=O)CN1C[C@@H]2CC[C@H]1C2. The molecule has 1 amide bonds. The second kappa shape index (κ2) is 7.46. The van der Waals surface area contributed by atoms with Crippen LogP contribution in [-0.2, 0) is 11.3 Å². The van der Waals surface area contributed by atoms with Crippen molar-refractivity contribution >= 4 is 5.91 Å². The Labute approximate surface area is 154 Å². The molecule has 2 bridgehead atoms. The van der Waals surface area contributed by atoms with Gasteiger partial charge in [-0.1, -0.05) is 24.3 Å². The summed E-state index contributed by atoms with van der Waals surface area (Å²) in [7, 11) is 0. The van der Waals surface area contributed by atoms with Crippen LogP contribution in [0.4, 0.5) is 0 Å². The maximum atomic E-state index is 12.4. The first-order valence-corrected chi connectivity index (χ1v) is 9.37. The molecular weight excluding hydrogens is 326 g/mol. The van der Waals surface area contributed by atoms with Crippen LogP contribution in [0.3, 0.4) is 0 Å². The molecule has 2 aliphatic rings. The van der Waals surface area contributed by atoms with E-state index in [1.165, 1.54) is 19.3 Å². The maximum absolute atomic E-state index is 12.4. The average Bonchev–Trinajstić information content (AvgIpc) is 3.26. The number of nitrogens with zero attached hydrogens (tertiary/aromatic N) is 2. The first-order valence-electron chi connectivity index (χ1n) is 9.37. The fourth-order valence-electron chi connectivity index (χ4n) is 4.08. The molecule has 1 aliphatic heterocycles. The number of para-hydroxylation sites is 1. The molecule has 4 rings (SSSR count). The van der Waals surface area contributed by atoms with Gasteiger partial charge in [-0.25, -0.2) is 4.98 Å². The first kappa shape index (κ1) is 17.0. The Hall–Kier alpha value is -2.40. The molecule has 136 valence electrons. The van der Waals surface area contributed by atoms with Crippen molar-refractivity contribution in [2.45, 2.75) is 38.8 Å². The molecule has 1 aromatic carbocycles. The highest BCUT2D eigenvalue weighted by atomic mass is 16.5. The molecule has 1 saturated carbocycles. The monoisotopic (exact) mass is 351 g/mol. The number of ether oxygens (including phenoxy) is 1. The van der Waals surface area contributed by atoms with Gasteiger partial charge >= 0.3 is 0 Å². The lowest BCUT2D eigenvalue weighted by molar-refractivity contribution is -0.122. The van der Waals surface area contributed by atoms with Gasteiger partial charge in [-0.2, -0.15) is 0 Å². The Balaban J connectivity index is 1.36. The lowest BCUT2D eigenvalue weighted by atomic mass is 10.1. The van der Waals surface area contributed by atoms with Gasteiger partial charge in [-0.3, -0.25) is 9.69 Å². The number of aryl methyl sites for hydroxylation is 1. The molecule has 2 aromatic rings. The smallest absolute Gasteiger partial charge is 0.234 e. The highest BCUT2D eigenvalue weighted by Gasteiger charge is 2.38. The van der Waals surface area contributed by atoms with Crippen LogP contribution in [0.15, 0.2) is 42.6 Å². The van der Waals surface area contributed by atoms with Crippen LogP contribution < -0.4 is 10.1 Å². The van der Waals surface area contributed by atoms with Gasteiger partial charge < -0.3 is 10.1 Å². The number of hydrogen-bond donors (Lipinski definition) is 1. The third kappa shape index (κ3) is 3.73. The van der Waals surface area contributed by atoms with Gasteiger partial charge in [0.15, 0.2) is 0 Å².